The molecule has 2 aromatic carbocycles. The van der Waals surface area contributed by atoms with Crippen LogP contribution in [0.25, 0.3) is 10.6 Å². The number of ketones is 1. The van der Waals surface area contributed by atoms with Crippen molar-refractivity contribution in [2.24, 2.45) is 0 Å². The summed E-state index contributed by atoms with van der Waals surface area (Å²) >= 11 is 1.51. The standard InChI is InChI=1S/C24H28FNO8P2S/c1-4-32-36(31,33-5-2)34-24(35(28,29)30)18-11-12-19(20(25)15-18)22(27)14-13-21-16(3)37-23(26-21)17-9-7-6-8-10-17/h6-12,15,24H,4-5,13-14H2,1-3H3,(H2,28,29,30). The SMILES string of the molecule is CCOP(=O)(OCC)OC(c1ccc(C(=O)CCc2nc(-c3ccccc3)sc2C)c(F)c1)P(=O)(O)O. The predicted molar refractivity (Wildman–Crippen MR) is 138 cm³/mol. The molecule has 0 bridgehead atoms. The second kappa shape index (κ2) is 12.7. The van der Waals surface area contributed by atoms with Crippen LogP contribution in [0.15, 0.2) is 48.5 Å². The Labute approximate surface area is 218 Å². The first-order chi connectivity index (χ1) is 17.5. The van der Waals surface area contributed by atoms with Gasteiger partial charge in [0.1, 0.15) is 10.8 Å². The van der Waals surface area contributed by atoms with Crippen LogP contribution in [0.5, 0.6) is 0 Å². The number of phosphoric acid groups is 1. The minimum Gasteiger partial charge on any atom is -0.322 e. The Hall–Kier alpha value is -2.07. The number of aromatic nitrogens is 1. The molecule has 200 valence electrons. The summed E-state index contributed by atoms with van der Waals surface area (Å²) in [5.41, 5.74) is 1.15. The van der Waals surface area contributed by atoms with Gasteiger partial charge in [0, 0.05) is 16.9 Å². The molecule has 1 unspecified atom stereocenters. The first-order valence-electron chi connectivity index (χ1n) is 11.4. The number of carbonyl (C=O) groups excluding carboxylic acids is 1. The zero-order chi connectivity index (χ0) is 27.2. The van der Waals surface area contributed by atoms with E-state index in [2.05, 4.69) is 4.98 Å². The van der Waals surface area contributed by atoms with Crippen LogP contribution < -0.4 is 0 Å². The molecule has 0 aliphatic rings. The fraction of sp³-hybridized carbons (Fsp3) is 0.333. The van der Waals surface area contributed by atoms with Crippen LogP contribution in [-0.2, 0) is 29.1 Å². The van der Waals surface area contributed by atoms with E-state index in [-0.39, 0.29) is 30.8 Å². The average Bonchev–Trinajstić information content (AvgIpc) is 3.21. The summed E-state index contributed by atoms with van der Waals surface area (Å²) < 4.78 is 54.6. The molecule has 0 spiro atoms. The largest absolute Gasteiger partial charge is 0.475 e. The van der Waals surface area contributed by atoms with Crippen molar-refractivity contribution in [1.29, 1.82) is 0 Å². The highest BCUT2D eigenvalue weighted by molar-refractivity contribution is 7.54. The maximum Gasteiger partial charge on any atom is 0.475 e. The molecule has 1 aromatic heterocycles. The summed E-state index contributed by atoms with van der Waals surface area (Å²) in [5.74, 6) is -3.61. The highest BCUT2D eigenvalue weighted by Crippen LogP contribution is 2.62. The van der Waals surface area contributed by atoms with Gasteiger partial charge in [-0.05, 0) is 44.9 Å². The third kappa shape index (κ3) is 7.72. The van der Waals surface area contributed by atoms with Crippen molar-refractivity contribution in [3.63, 3.8) is 0 Å². The molecular weight excluding hydrogens is 543 g/mol. The Balaban J connectivity index is 1.77. The monoisotopic (exact) mass is 571 g/mol. The van der Waals surface area contributed by atoms with Gasteiger partial charge in [-0.2, -0.15) is 0 Å². The molecule has 0 aliphatic heterocycles. The molecule has 2 N–H and O–H groups in total. The number of benzene rings is 2. The maximum atomic E-state index is 14.9. The molecule has 0 radical (unpaired) electrons. The summed E-state index contributed by atoms with van der Waals surface area (Å²) in [6.45, 7) is 4.68. The Morgan fingerprint density at radius 1 is 1.08 bits per heavy atom. The molecule has 9 nitrogen and oxygen atoms in total. The average molecular weight is 572 g/mol. The van der Waals surface area contributed by atoms with Crippen molar-refractivity contribution in [3.05, 3.63) is 76.0 Å². The molecule has 0 aliphatic carbocycles. The van der Waals surface area contributed by atoms with Gasteiger partial charge < -0.3 is 9.79 Å². The third-order valence-corrected chi connectivity index (χ3v) is 9.05. The lowest BCUT2D eigenvalue weighted by molar-refractivity contribution is 0.0970. The molecule has 37 heavy (non-hydrogen) atoms. The van der Waals surface area contributed by atoms with Gasteiger partial charge in [-0.3, -0.25) is 22.9 Å². The topological polar surface area (TPSA) is 132 Å². The van der Waals surface area contributed by atoms with E-state index in [0.29, 0.717) is 6.42 Å². The lowest BCUT2D eigenvalue weighted by Gasteiger charge is -2.24. The number of aryl methyl sites for hydroxylation is 2. The van der Waals surface area contributed by atoms with Crippen LogP contribution >= 0.6 is 26.8 Å². The van der Waals surface area contributed by atoms with Crippen LogP contribution in [0, 0.1) is 12.7 Å². The van der Waals surface area contributed by atoms with Crippen molar-refractivity contribution in [1.82, 2.24) is 4.98 Å². The molecule has 0 saturated carbocycles. The summed E-state index contributed by atoms with van der Waals surface area (Å²) in [7, 11) is -9.44. The van der Waals surface area contributed by atoms with Crippen molar-refractivity contribution >= 4 is 32.5 Å². The minimum absolute atomic E-state index is 0.0165. The van der Waals surface area contributed by atoms with Crippen molar-refractivity contribution in [3.8, 4) is 10.6 Å². The number of phosphoric ester groups is 1. The lowest BCUT2D eigenvalue weighted by atomic mass is 10.0. The van der Waals surface area contributed by atoms with E-state index in [9.17, 15) is 28.1 Å². The summed E-state index contributed by atoms with van der Waals surface area (Å²) in [6.07, 6.45) is 0.284. The van der Waals surface area contributed by atoms with Crippen LogP contribution in [0.3, 0.4) is 0 Å². The Morgan fingerprint density at radius 2 is 1.73 bits per heavy atom. The number of hydrogen-bond donors (Lipinski definition) is 2. The first kappa shape index (κ1) is 29.5. The van der Waals surface area contributed by atoms with Crippen molar-refractivity contribution in [2.75, 3.05) is 13.2 Å². The molecule has 0 saturated heterocycles. The highest BCUT2D eigenvalue weighted by Gasteiger charge is 2.40. The van der Waals surface area contributed by atoms with Crippen LogP contribution in [-0.4, -0.2) is 33.8 Å². The van der Waals surface area contributed by atoms with Crippen LogP contribution in [0.2, 0.25) is 0 Å². The zero-order valence-electron chi connectivity index (χ0n) is 20.5. The highest BCUT2D eigenvalue weighted by atomic mass is 32.1. The van der Waals surface area contributed by atoms with E-state index >= 15 is 0 Å². The Morgan fingerprint density at radius 3 is 2.30 bits per heavy atom. The van der Waals surface area contributed by atoms with Crippen molar-refractivity contribution in [2.45, 2.75) is 39.5 Å². The summed E-state index contributed by atoms with van der Waals surface area (Å²) in [5, 5.41) is 0.830. The molecule has 3 rings (SSSR count). The second-order valence-electron chi connectivity index (χ2n) is 7.88. The van der Waals surface area contributed by atoms with E-state index in [4.69, 9.17) is 13.6 Å². The second-order valence-corrected chi connectivity index (χ2v) is 12.4. The number of nitrogens with zero attached hydrogens (tertiary/aromatic N) is 1. The quantitative estimate of drug-likeness (QED) is 0.175. The summed E-state index contributed by atoms with van der Waals surface area (Å²) in [6, 6.07) is 12.7. The first-order valence-corrected chi connectivity index (χ1v) is 15.4. The lowest BCUT2D eigenvalue weighted by Crippen LogP contribution is -2.10. The molecule has 13 heteroatoms. The Bertz CT molecular complexity index is 1320. The Kier molecular flexibility index (Phi) is 10.1. The minimum atomic E-state index is -5.09. The van der Waals surface area contributed by atoms with Gasteiger partial charge in [0.2, 0.25) is 0 Å². The van der Waals surface area contributed by atoms with Gasteiger partial charge in [0.15, 0.2) is 11.6 Å². The molecular formula is C24H28FNO8P2S. The van der Waals surface area contributed by atoms with Gasteiger partial charge in [-0.25, -0.2) is 13.9 Å². The van der Waals surface area contributed by atoms with Gasteiger partial charge in [0.25, 0.3) is 0 Å². The van der Waals surface area contributed by atoms with E-state index < -0.39 is 32.9 Å². The van der Waals surface area contributed by atoms with E-state index in [1.54, 1.807) is 0 Å². The van der Waals surface area contributed by atoms with E-state index in [1.807, 2.05) is 37.3 Å². The number of carbonyl (C=O) groups is 1. The zero-order valence-corrected chi connectivity index (χ0v) is 23.1. The molecule has 0 fully saturated rings. The molecule has 1 heterocycles. The van der Waals surface area contributed by atoms with E-state index in [1.165, 1.54) is 25.2 Å². The number of hydrogen-bond acceptors (Lipinski definition) is 8. The number of rotatable bonds is 13. The molecule has 1 atom stereocenters. The number of thiazole rings is 1. The molecule has 0 amide bonds. The van der Waals surface area contributed by atoms with Crippen LogP contribution in [0.4, 0.5) is 4.39 Å². The third-order valence-electron chi connectivity index (χ3n) is 5.19. The molecule has 3 aromatic rings. The predicted octanol–water partition coefficient (Wildman–Crippen LogP) is 6.45. The number of Topliss-reactive ketones (excluding diaryl/α,β-unsaturated/α-hetero) is 1. The van der Waals surface area contributed by atoms with Crippen LogP contribution in [0.1, 0.15) is 52.6 Å². The smallest absolute Gasteiger partial charge is 0.322 e. The van der Waals surface area contributed by atoms with E-state index in [0.717, 1.165) is 39.3 Å². The number of halogens is 1. The van der Waals surface area contributed by atoms with Gasteiger partial charge in [-0.15, -0.1) is 11.3 Å². The van der Waals surface area contributed by atoms with Gasteiger partial charge >= 0.3 is 15.4 Å². The van der Waals surface area contributed by atoms with Gasteiger partial charge in [-0.1, -0.05) is 36.4 Å². The maximum absolute atomic E-state index is 14.9. The normalized spacial score (nSPS) is 13.0. The van der Waals surface area contributed by atoms with Crippen molar-refractivity contribution < 1.29 is 41.7 Å². The fourth-order valence-electron chi connectivity index (χ4n) is 3.49. The summed E-state index contributed by atoms with van der Waals surface area (Å²) in [4.78, 5) is 37.9. The van der Waals surface area contributed by atoms with Gasteiger partial charge in [0.05, 0.1) is 24.5 Å². The fourth-order valence-corrected chi connectivity index (χ4v) is 7.04.